The van der Waals surface area contributed by atoms with Crippen molar-refractivity contribution in [2.24, 2.45) is 0 Å². The van der Waals surface area contributed by atoms with Crippen LogP contribution in [-0.2, 0) is 6.42 Å². The van der Waals surface area contributed by atoms with E-state index in [2.05, 4.69) is 0 Å². The van der Waals surface area contributed by atoms with E-state index in [0.29, 0.717) is 12.3 Å². The Morgan fingerprint density at radius 2 is 1.88 bits per heavy atom. The maximum absolute atomic E-state index is 5.91. The molecule has 0 aliphatic heterocycles. The fourth-order valence-corrected chi connectivity index (χ4v) is 1.80. The fraction of sp³-hybridized carbons (Fsp3) is 0.143. The van der Waals surface area contributed by atoms with Crippen LogP contribution in [0.25, 0.3) is 0 Å². The number of nitrogens with two attached hydrogens (primary N) is 1. The Balaban J connectivity index is 1.90. The van der Waals surface area contributed by atoms with Gasteiger partial charge in [0.1, 0.15) is 5.75 Å². The average Bonchev–Trinajstić information content (AvgIpc) is 2.32. The summed E-state index contributed by atoms with van der Waals surface area (Å²) in [6.07, 6.45) is 0.814. The molecule has 0 saturated heterocycles. The summed E-state index contributed by atoms with van der Waals surface area (Å²) in [5.41, 5.74) is 7.60. The molecule has 3 heteroatoms. The molecule has 0 amide bonds. The van der Waals surface area contributed by atoms with Gasteiger partial charge in [0.15, 0.2) is 0 Å². The number of benzene rings is 2. The number of ether oxygens (including phenoxy) is 1. The van der Waals surface area contributed by atoms with Crippen molar-refractivity contribution in [3.05, 3.63) is 59.1 Å². The van der Waals surface area contributed by atoms with Crippen molar-refractivity contribution in [2.75, 3.05) is 12.3 Å². The van der Waals surface area contributed by atoms with Crippen LogP contribution in [0.4, 0.5) is 5.69 Å². The number of halogens is 1. The third-order valence-electron chi connectivity index (χ3n) is 2.46. The van der Waals surface area contributed by atoms with Gasteiger partial charge in [0, 0.05) is 11.4 Å². The van der Waals surface area contributed by atoms with E-state index in [9.17, 15) is 0 Å². The van der Waals surface area contributed by atoms with Gasteiger partial charge in [-0.2, -0.15) is 0 Å². The van der Waals surface area contributed by atoms with Crippen LogP contribution in [0, 0.1) is 0 Å². The molecular weight excluding hydrogens is 234 g/mol. The highest BCUT2D eigenvalue weighted by Crippen LogP contribution is 2.20. The molecule has 0 saturated carbocycles. The first kappa shape index (κ1) is 11.8. The zero-order valence-corrected chi connectivity index (χ0v) is 10.2. The third kappa shape index (κ3) is 3.40. The largest absolute Gasteiger partial charge is 0.491 e. The van der Waals surface area contributed by atoms with Crippen molar-refractivity contribution in [3.63, 3.8) is 0 Å². The fourth-order valence-electron chi connectivity index (χ4n) is 1.58. The molecule has 2 N–H and O–H groups in total. The van der Waals surface area contributed by atoms with E-state index in [1.165, 1.54) is 0 Å². The Morgan fingerprint density at radius 1 is 1.06 bits per heavy atom. The van der Waals surface area contributed by atoms with Gasteiger partial charge < -0.3 is 10.5 Å². The molecule has 0 aliphatic rings. The molecule has 2 rings (SSSR count). The number of hydrogen-bond acceptors (Lipinski definition) is 2. The van der Waals surface area contributed by atoms with Crippen LogP contribution in [0.5, 0.6) is 5.75 Å². The highest BCUT2D eigenvalue weighted by atomic mass is 35.5. The first-order chi connectivity index (χ1) is 8.25. The van der Waals surface area contributed by atoms with E-state index in [1.54, 1.807) is 0 Å². The van der Waals surface area contributed by atoms with Crippen molar-refractivity contribution in [1.82, 2.24) is 0 Å². The molecule has 0 bridgehead atoms. The summed E-state index contributed by atoms with van der Waals surface area (Å²) in [7, 11) is 0. The van der Waals surface area contributed by atoms with E-state index in [0.717, 1.165) is 22.8 Å². The first-order valence-corrected chi connectivity index (χ1v) is 5.85. The van der Waals surface area contributed by atoms with E-state index < -0.39 is 0 Å². The van der Waals surface area contributed by atoms with Crippen molar-refractivity contribution in [3.8, 4) is 5.75 Å². The summed E-state index contributed by atoms with van der Waals surface area (Å²) < 4.78 is 5.61. The highest BCUT2D eigenvalue weighted by molar-refractivity contribution is 6.30. The minimum absolute atomic E-state index is 0.592. The lowest BCUT2D eigenvalue weighted by Crippen LogP contribution is -2.03. The van der Waals surface area contributed by atoms with Crippen LogP contribution >= 0.6 is 11.6 Å². The summed E-state index contributed by atoms with van der Waals surface area (Å²) in [6, 6.07) is 15.3. The summed E-state index contributed by atoms with van der Waals surface area (Å²) in [5.74, 6) is 0.731. The van der Waals surface area contributed by atoms with Crippen molar-refractivity contribution in [2.45, 2.75) is 6.42 Å². The molecule has 88 valence electrons. The van der Waals surface area contributed by atoms with Gasteiger partial charge in [0.25, 0.3) is 0 Å². The van der Waals surface area contributed by atoms with E-state index >= 15 is 0 Å². The zero-order valence-electron chi connectivity index (χ0n) is 9.40. The smallest absolute Gasteiger partial charge is 0.142 e. The Kier molecular flexibility index (Phi) is 3.89. The van der Waals surface area contributed by atoms with Crippen LogP contribution < -0.4 is 10.5 Å². The van der Waals surface area contributed by atoms with Crippen molar-refractivity contribution >= 4 is 17.3 Å². The predicted molar refractivity (Wildman–Crippen MR) is 71.5 cm³/mol. The van der Waals surface area contributed by atoms with Gasteiger partial charge in [0.05, 0.1) is 12.3 Å². The quantitative estimate of drug-likeness (QED) is 0.839. The first-order valence-electron chi connectivity index (χ1n) is 5.47. The summed E-state index contributed by atoms with van der Waals surface area (Å²) in [4.78, 5) is 0. The van der Waals surface area contributed by atoms with Crippen LogP contribution in [0.15, 0.2) is 48.5 Å². The van der Waals surface area contributed by atoms with Gasteiger partial charge in [0.2, 0.25) is 0 Å². The minimum atomic E-state index is 0.592. The Morgan fingerprint density at radius 3 is 2.65 bits per heavy atom. The SMILES string of the molecule is Nc1ccccc1OCCc1cccc(Cl)c1. The summed E-state index contributed by atoms with van der Waals surface area (Å²) in [6.45, 7) is 0.592. The van der Waals surface area contributed by atoms with Crippen molar-refractivity contribution in [1.29, 1.82) is 0 Å². The standard InChI is InChI=1S/C14H14ClNO/c15-12-5-3-4-11(10-12)8-9-17-14-7-2-1-6-13(14)16/h1-7,10H,8-9,16H2. The zero-order chi connectivity index (χ0) is 12.1. The van der Waals surface area contributed by atoms with E-state index in [1.807, 2.05) is 48.5 Å². The number of anilines is 1. The van der Waals surface area contributed by atoms with Crippen LogP contribution in [0.2, 0.25) is 5.02 Å². The number of rotatable bonds is 4. The number of nitrogen functional groups attached to an aromatic ring is 1. The second-order valence-electron chi connectivity index (χ2n) is 3.77. The van der Waals surface area contributed by atoms with Crippen LogP contribution in [0.3, 0.4) is 0 Å². The van der Waals surface area contributed by atoms with Gasteiger partial charge in [-0.15, -0.1) is 0 Å². The molecule has 0 radical (unpaired) electrons. The van der Waals surface area contributed by atoms with Crippen molar-refractivity contribution < 1.29 is 4.74 Å². The highest BCUT2D eigenvalue weighted by Gasteiger charge is 1.99. The molecule has 0 atom stereocenters. The lowest BCUT2D eigenvalue weighted by molar-refractivity contribution is 0.323. The van der Waals surface area contributed by atoms with Gasteiger partial charge in [-0.05, 0) is 29.8 Å². The monoisotopic (exact) mass is 247 g/mol. The molecule has 0 fully saturated rings. The topological polar surface area (TPSA) is 35.2 Å². The third-order valence-corrected chi connectivity index (χ3v) is 2.69. The van der Waals surface area contributed by atoms with Crippen LogP contribution in [-0.4, -0.2) is 6.61 Å². The normalized spacial score (nSPS) is 10.2. The molecule has 2 aromatic carbocycles. The molecule has 0 unspecified atom stereocenters. The van der Waals surface area contributed by atoms with Gasteiger partial charge in [-0.3, -0.25) is 0 Å². The molecule has 2 nitrogen and oxygen atoms in total. The molecular formula is C14H14ClNO. The van der Waals surface area contributed by atoms with Gasteiger partial charge >= 0.3 is 0 Å². The Hall–Kier alpha value is -1.67. The maximum Gasteiger partial charge on any atom is 0.142 e. The second kappa shape index (κ2) is 5.60. The lowest BCUT2D eigenvalue weighted by atomic mass is 10.2. The Bertz CT molecular complexity index is 499. The number of para-hydroxylation sites is 2. The molecule has 0 aromatic heterocycles. The lowest BCUT2D eigenvalue weighted by Gasteiger charge is -2.08. The Labute approximate surface area is 106 Å². The van der Waals surface area contributed by atoms with Gasteiger partial charge in [-0.1, -0.05) is 35.9 Å². The van der Waals surface area contributed by atoms with Crippen LogP contribution in [0.1, 0.15) is 5.56 Å². The minimum Gasteiger partial charge on any atom is -0.491 e. The summed E-state index contributed by atoms with van der Waals surface area (Å²) >= 11 is 5.91. The average molecular weight is 248 g/mol. The predicted octanol–water partition coefficient (Wildman–Crippen LogP) is 3.54. The van der Waals surface area contributed by atoms with E-state index in [4.69, 9.17) is 22.1 Å². The maximum atomic E-state index is 5.91. The number of hydrogen-bond donors (Lipinski definition) is 1. The van der Waals surface area contributed by atoms with E-state index in [-0.39, 0.29) is 0 Å². The molecule has 0 aliphatic carbocycles. The molecule has 0 spiro atoms. The molecule has 17 heavy (non-hydrogen) atoms. The molecule has 2 aromatic rings. The van der Waals surface area contributed by atoms with Gasteiger partial charge in [-0.25, -0.2) is 0 Å². The summed E-state index contributed by atoms with van der Waals surface area (Å²) in [5, 5.41) is 0.752. The second-order valence-corrected chi connectivity index (χ2v) is 4.20. The molecule has 0 heterocycles.